The monoisotopic (exact) mass is 349 g/mol. The number of hydrogen-bond donors (Lipinski definition) is 0. The summed E-state index contributed by atoms with van der Waals surface area (Å²) in [5, 5.41) is 0. The van der Waals surface area contributed by atoms with Crippen molar-refractivity contribution in [2.24, 2.45) is 23.2 Å². The third-order valence-electron chi connectivity index (χ3n) is 6.55. The molecule has 4 aliphatic rings. The Hall–Kier alpha value is -1.63. The van der Waals surface area contributed by atoms with E-state index in [9.17, 15) is 14.4 Å². The minimum Gasteiger partial charge on any atom is -0.381 e. The van der Waals surface area contributed by atoms with Crippen LogP contribution in [-0.4, -0.2) is 85.9 Å². The molecule has 2 unspecified atom stereocenters. The van der Waals surface area contributed by atoms with E-state index in [0.717, 1.165) is 25.8 Å². The Bertz CT molecular complexity index is 597. The van der Waals surface area contributed by atoms with Gasteiger partial charge in [0.05, 0.1) is 25.2 Å². The molecule has 1 spiro atoms. The summed E-state index contributed by atoms with van der Waals surface area (Å²) in [4.78, 5) is 42.9. The molecule has 4 atom stereocenters. The summed E-state index contributed by atoms with van der Waals surface area (Å²) in [7, 11) is 3.41. The van der Waals surface area contributed by atoms with Crippen molar-refractivity contribution < 1.29 is 19.1 Å². The fraction of sp³-hybridized carbons (Fsp3) is 0.833. The summed E-state index contributed by atoms with van der Waals surface area (Å²) in [6, 6.07) is 0. The molecule has 3 amide bonds. The highest BCUT2D eigenvalue weighted by atomic mass is 16.5. The van der Waals surface area contributed by atoms with E-state index in [4.69, 9.17) is 4.74 Å². The number of fused-ring (bicyclic) bond motifs is 1. The summed E-state index contributed by atoms with van der Waals surface area (Å²) in [6.45, 7) is 3.45. The maximum absolute atomic E-state index is 13.0. The van der Waals surface area contributed by atoms with Crippen molar-refractivity contribution >= 4 is 17.7 Å². The number of carbonyl (C=O) groups excluding carboxylic acids is 3. The number of likely N-dealkylation sites (N-methyl/N-ethyl adjacent to an activating group) is 1. The molecule has 7 nitrogen and oxygen atoms in total. The molecule has 7 heteroatoms. The summed E-state index contributed by atoms with van der Waals surface area (Å²) >= 11 is 0. The molecular weight excluding hydrogens is 322 g/mol. The summed E-state index contributed by atoms with van der Waals surface area (Å²) in [6.07, 6.45) is 2.44. The molecule has 0 aromatic rings. The van der Waals surface area contributed by atoms with Gasteiger partial charge in [0.25, 0.3) is 0 Å². The van der Waals surface area contributed by atoms with Crippen LogP contribution in [-0.2, 0) is 19.1 Å². The minimum absolute atomic E-state index is 0.0551. The predicted octanol–water partition coefficient (Wildman–Crippen LogP) is -0.192. The quantitative estimate of drug-likeness (QED) is 0.708. The Morgan fingerprint density at radius 3 is 2.60 bits per heavy atom. The minimum atomic E-state index is -0.471. The number of hydrogen-bond acceptors (Lipinski definition) is 4. The van der Waals surface area contributed by atoms with E-state index in [2.05, 4.69) is 0 Å². The van der Waals surface area contributed by atoms with Crippen molar-refractivity contribution in [1.82, 2.24) is 14.7 Å². The normalized spacial score (nSPS) is 36.7. The van der Waals surface area contributed by atoms with Crippen LogP contribution in [0.15, 0.2) is 0 Å². The summed E-state index contributed by atoms with van der Waals surface area (Å²) in [5.41, 5.74) is -0.471. The van der Waals surface area contributed by atoms with E-state index in [-0.39, 0.29) is 30.2 Å². The summed E-state index contributed by atoms with van der Waals surface area (Å²) in [5.74, 6) is 1.14. The lowest BCUT2D eigenvalue weighted by Crippen LogP contribution is -2.51. The predicted molar refractivity (Wildman–Crippen MR) is 89.4 cm³/mol. The van der Waals surface area contributed by atoms with Gasteiger partial charge >= 0.3 is 0 Å². The number of carbonyl (C=O) groups is 3. The highest BCUT2D eigenvalue weighted by molar-refractivity contribution is 5.91. The lowest BCUT2D eigenvalue weighted by Gasteiger charge is -2.39. The molecule has 4 fully saturated rings. The van der Waals surface area contributed by atoms with Gasteiger partial charge in [-0.1, -0.05) is 0 Å². The Balaban J connectivity index is 1.41. The van der Waals surface area contributed by atoms with Gasteiger partial charge in [-0.05, 0) is 31.1 Å². The van der Waals surface area contributed by atoms with Crippen molar-refractivity contribution in [2.45, 2.75) is 19.3 Å². The first-order chi connectivity index (χ1) is 11.9. The Morgan fingerprint density at radius 2 is 1.92 bits per heavy atom. The largest absolute Gasteiger partial charge is 0.381 e. The number of rotatable bonds is 3. The van der Waals surface area contributed by atoms with E-state index < -0.39 is 5.41 Å². The molecule has 3 saturated heterocycles. The van der Waals surface area contributed by atoms with Gasteiger partial charge in [-0.15, -0.1) is 0 Å². The van der Waals surface area contributed by atoms with Gasteiger partial charge in [0.15, 0.2) is 0 Å². The van der Waals surface area contributed by atoms with E-state index >= 15 is 0 Å². The molecule has 3 heterocycles. The van der Waals surface area contributed by atoms with Crippen LogP contribution in [0.25, 0.3) is 0 Å². The first-order valence-electron chi connectivity index (χ1n) is 9.29. The lowest BCUT2D eigenvalue weighted by molar-refractivity contribution is -0.147. The molecule has 0 bridgehead atoms. The zero-order chi connectivity index (χ0) is 17.8. The second kappa shape index (κ2) is 5.97. The fourth-order valence-corrected chi connectivity index (χ4v) is 4.86. The van der Waals surface area contributed by atoms with Gasteiger partial charge < -0.3 is 19.4 Å². The molecule has 3 aliphatic heterocycles. The van der Waals surface area contributed by atoms with Crippen LogP contribution in [0, 0.1) is 23.2 Å². The maximum Gasteiger partial charge on any atom is 0.241 e. The third-order valence-corrected chi connectivity index (χ3v) is 6.55. The molecule has 4 rings (SSSR count). The Labute approximate surface area is 148 Å². The average Bonchev–Trinajstić information content (AvgIpc) is 2.92. The molecule has 25 heavy (non-hydrogen) atoms. The van der Waals surface area contributed by atoms with Gasteiger partial charge in [0.1, 0.15) is 0 Å². The molecule has 0 aromatic heterocycles. The van der Waals surface area contributed by atoms with Gasteiger partial charge in [0.2, 0.25) is 17.7 Å². The molecule has 0 N–H and O–H groups in total. The first-order valence-corrected chi connectivity index (χ1v) is 9.29. The summed E-state index contributed by atoms with van der Waals surface area (Å²) < 4.78 is 5.39. The molecular formula is C18H27N3O4. The van der Waals surface area contributed by atoms with Crippen LogP contribution in [0.5, 0.6) is 0 Å². The van der Waals surface area contributed by atoms with Crippen molar-refractivity contribution in [2.75, 3.05) is 53.5 Å². The van der Waals surface area contributed by atoms with Crippen molar-refractivity contribution in [1.29, 1.82) is 0 Å². The third kappa shape index (κ3) is 2.72. The SMILES string of the molecule is CN(C)C(=O)CN1CCC2(CCCN(C(=O)C3[C@H]4COC[C@@H]34)C2)C1=O. The van der Waals surface area contributed by atoms with Crippen LogP contribution in [0.1, 0.15) is 19.3 Å². The van der Waals surface area contributed by atoms with Gasteiger partial charge in [-0.3, -0.25) is 14.4 Å². The second-order valence-corrected chi connectivity index (χ2v) is 8.30. The van der Waals surface area contributed by atoms with Crippen LogP contribution >= 0.6 is 0 Å². The Morgan fingerprint density at radius 1 is 1.20 bits per heavy atom. The van der Waals surface area contributed by atoms with Gasteiger partial charge in [-0.2, -0.15) is 0 Å². The molecule has 1 saturated carbocycles. The lowest BCUT2D eigenvalue weighted by atomic mass is 9.78. The maximum atomic E-state index is 13.0. The van der Waals surface area contributed by atoms with E-state index in [1.165, 1.54) is 4.90 Å². The standard InChI is InChI=1S/C18H27N3O4/c1-19(2)14(22)8-20-7-5-18(17(20)24)4-3-6-21(11-18)16(23)15-12-9-25-10-13(12)15/h12-13,15H,3-11H2,1-2H3/t12-,13+,15?,18?. The number of ether oxygens (including phenoxy) is 1. The Kier molecular flexibility index (Phi) is 4.02. The van der Waals surface area contributed by atoms with Crippen LogP contribution in [0.4, 0.5) is 0 Å². The number of amides is 3. The van der Waals surface area contributed by atoms with E-state index in [0.29, 0.717) is 38.1 Å². The fourth-order valence-electron chi connectivity index (χ4n) is 4.86. The van der Waals surface area contributed by atoms with Gasteiger partial charge in [-0.25, -0.2) is 0 Å². The first kappa shape index (κ1) is 16.8. The van der Waals surface area contributed by atoms with Crippen LogP contribution in [0.3, 0.4) is 0 Å². The molecule has 138 valence electrons. The van der Waals surface area contributed by atoms with Crippen molar-refractivity contribution in [3.63, 3.8) is 0 Å². The second-order valence-electron chi connectivity index (χ2n) is 8.30. The van der Waals surface area contributed by atoms with E-state index in [1.54, 1.807) is 19.0 Å². The molecule has 0 radical (unpaired) electrons. The van der Waals surface area contributed by atoms with Crippen LogP contribution < -0.4 is 0 Å². The average molecular weight is 349 g/mol. The number of piperidine rings is 1. The van der Waals surface area contributed by atoms with Crippen molar-refractivity contribution in [3.05, 3.63) is 0 Å². The number of nitrogens with zero attached hydrogens (tertiary/aromatic N) is 3. The van der Waals surface area contributed by atoms with Crippen molar-refractivity contribution in [3.8, 4) is 0 Å². The smallest absolute Gasteiger partial charge is 0.241 e. The highest BCUT2D eigenvalue weighted by Gasteiger charge is 2.60. The topological polar surface area (TPSA) is 70.2 Å². The van der Waals surface area contributed by atoms with Crippen LogP contribution in [0.2, 0.25) is 0 Å². The zero-order valence-corrected chi connectivity index (χ0v) is 15.1. The van der Waals surface area contributed by atoms with Gasteiger partial charge in [0, 0.05) is 39.6 Å². The highest BCUT2D eigenvalue weighted by Crippen LogP contribution is 2.52. The van der Waals surface area contributed by atoms with E-state index in [1.807, 2.05) is 4.90 Å². The zero-order valence-electron chi connectivity index (χ0n) is 15.1. The number of likely N-dealkylation sites (tertiary alicyclic amines) is 2. The molecule has 0 aromatic carbocycles. The molecule has 1 aliphatic carbocycles.